The number of piperidine rings is 1. The Morgan fingerprint density at radius 1 is 1.47 bits per heavy atom. The van der Waals surface area contributed by atoms with Gasteiger partial charge in [0.2, 0.25) is 0 Å². The van der Waals surface area contributed by atoms with Crippen LogP contribution in [0.25, 0.3) is 0 Å². The monoisotopic (exact) mass is 299 g/mol. The van der Waals surface area contributed by atoms with Gasteiger partial charge in [-0.2, -0.15) is 0 Å². The Kier molecular flexibility index (Phi) is 4.79. The van der Waals surface area contributed by atoms with E-state index in [-0.39, 0.29) is 12.4 Å². The van der Waals surface area contributed by atoms with E-state index in [1.54, 1.807) is 11.3 Å². The molecule has 0 aromatic carbocycles. The quantitative estimate of drug-likeness (QED) is 0.912. The minimum Gasteiger partial charge on any atom is -0.375 e. The molecule has 1 aliphatic rings. The summed E-state index contributed by atoms with van der Waals surface area (Å²) in [5, 5.41) is 0.657. The number of nitrogens with one attached hydrogen (secondary N) is 1. The first-order valence-corrected chi connectivity index (χ1v) is 7.05. The number of hydrogen-bond acceptors (Lipinski definition) is 5. The molecule has 0 bridgehead atoms. The number of halogens is 1. The van der Waals surface area contributed by atoms with E-state index in [9.17, 15) is 0 Å². The van der Waals surface area contributed by atoms with E-state index in [0.29, 0.717) is 11.0 Å². The first-order chi connectivity index (χ1) is 8.81. The lowest BCUT2D eigenvalue weighted by molar-refractivity contribution is 0.198. The summed E-state index contributed by atoms with van der Waals surface area (Å²) in [6.07, 6.45) is 8.06. The Morgan fingerprint density at radius 3 is 3.05 bits per heavy atom. The largest absolute Gasteiger partial charge is 0.375 e. The van der Waals surface area contributed by atoms with Gasteiger partial charge in [-0.25, -0.2) is 9.97 Å². The zero-order valence-electron chi connectivity index (χ0n) is 10.6. The van der Waals surface area contributed by atoms with Crippen LogP contribution in [0.15, 0.2) is 18.6 Å². The number of hydrogen-bond donors (Lipinski definition) is 2. The molecule has 2 aromatic heterocycles. The molecule has 0 spiro atoms. The third kappa shape index (κ3) is 3.46. The molecule has 0 radical (unpaired) electrons. The maximum atomic E-state index is 5.66. The van der Waals surface area contributed by atoms with Crippen LogP contribution in [-0.2, 0) is 6.54 Å². The molecule has 1 unspecified atom stereocenters. The summed E-state index contributed by atoms with van der Waals surface area (Å²) in [6, 6.07) is 0. The predicted octanol–water partition coefficient (Wildman–Crippen LogP) is 2.25. The molecule has 3 rings (SSSR count). The van der Waals surface area contributed by atoms with Crippen LogP contribution >= 0.6 is 23.7 Å². The normalized spacial score (nSPS) is 20.1. The van der Waals surface area contributed by atoms with E-state index in [4.69, 9.17) is 5.73 Å². The van der Waals surface area contributed by atoms with Gasteiger partial charge in [-0.1, -0.05) is 0 Å². The fraction of sp³-hybridized carbons (Fsp3) is 0.500. The molecule has 19 heavy (non-hydrogen) atoms. The topological polar surface area (TPSA) is 70.8 Å². The van der Waals surface area contributed by atoms with Gasteiger partial charge in [-0.15, -0.1) is 23.7 Å². The van der Waals surface area contributed by atoms with Gasteiger partial charge in [0.05, 0.1) is 0 Å². The first kappa shape index (κ1) is 14.3. The van der Waals surface area contributed by atoms with Crippen LogP contribution in [0.1, 0.15) is 29.5 Å². The SMILES string of the molecule is Cl.Nc1ncc(CN2CCCC(c3ncc[nH]3)C2)s1. The Morgan fingerprint density at radius 2 is 2.37 bits per heavy atom. The summed E-state index contributed by atoms with van der Waals surface area (Å²) >= 11 is 1.58. The molecule has 2 aromatic rings. The number of nitrogens with zero attached hydrogens (tertiary/aromatic N) is 3. The number of thiazole rings is 1. The van der Waals surface area contributed by atoms with Crippen molar-refractivity contribution >= 4 is 28.9 Å². The Labute approximate surface area is 122 Å². The fourth-order valence-corrected chi connectivity index (χ4v) is 3.27. The summed E-state index contributed by atoms with van der Waals surface area (Å²) in [5.74, 6) is 1.64. The molecule has 104 valence electrons. The molecule has 1 fully saturated rings. The molecule has 3 N–H and O–H groups in total. The Hall–Kier alpha value is -1.11. The van der Waals surface area contributed by atoms with Crippen LogP contribution in [0.4, 0.5) is 5.13 Å². The average Bonchev–Trinajstić information content (AvgIpc) is 3.01. The molecule has 0 saturated carbocycles. The molecule has 3 heterocycles. The molecular weight excluding hydrogens is 282 g/mol. The standard InChI is InChI=1S/C12H17N5S.ClH/c13-12-16-6-10(18-12)8-17-5-1-2-9(7-17)11-14-3-4-15-11;/h3-4,6,9H,1-2,5,7-8H2,(H2,13,16)(H,14,15);1H. The van der Waals surface area contributed by atoms with Crippen molar-refractivity contribution in [2.24, 2.45) is 0 Å². The van der Waals surface area contributed by atoms with Crippen LogP contribution < -0.4 is 5.73 Å². The number of H-pyrrole nitrogens is 1. The lowest BCUT2D eigenvalue weighted by Gasteiger charge is -2.31. The molecule has 1 saturated heterocycles. The Bertz CT molecular complexity index is 498. The average molecular weight is 300 g/mol. The highest BCUT2D eigenvalue weighted by Crippen LogP contribution is 2.26. The van der Waals surface area contributed by atoms with E-state index >= 15 is 0 Å². The van der Waals surface area contributed by atoms with E-state index in [2.05, 4.69) is 19.9 Å². The number of aromatic amines is 1. The van der Waals surface area contributed by atoms with Gasteiger partial charge >= 0.3 is 0 Å². The van der Waals surface area contributed by atoms with Crippen molar-refractivity contribution in [3.63, 3.8) is 0 Å². The molecule has 0 aliphatic carbocycles. The number of aromatic nitrogens is 3. The van der Waals surface area contributed by atoms with E-state index in [0.717, 1.165) is 25.5 Å². The molecule has 0 amide bonds. The maximum absolute atomic E-state index is 5.66. The lowest BCUT2D eigenvalue weighted by atomic mass is 9.97. The van der Waals surface area contributed by atoms with E-state index in [1.165, 1.54) is 17.7 Å². The minimum atomic E-state index is 0. The third-order valence-corrected chi connectivity index (χ3v) is 4.17. The third-order valence-electron chi connectivity index (χ3n) is 3.36. The molecule has 5 nitrogen and oxygen atoms in total. The van der Waals surface area contributed by atoms with E-state index in [1.807, 2.05) is 18.6 Å². The summed E-state index contributed by atoms with van der Waals surface area (Å²) < 4.78 is 0. The van der Waals surface area contributed by atoms with Crippen LogP contribution in [0.5, 0.6) is 0 Å². The van der Waals surface area contributed by atoms with Gasteiger partial charge in [-0.3, -0.25) is 4.90 Å². The van der Waals surface area contributed by atoms with Crippen LogP contribution in [0.3, 0.4) is 0 Å². The summed E-state index contributed by atoms with van der Waals surface area (Å²) in [6.45, 7) is 3.16. The van der Waals surface area contributed by atoms with Gasteiger partial charge < -0.3 is 10.7 Å². The van der Waals surface area contributed by atoms with Crippen molar-refractivity contribution in [3.8, 4) is 0 Å². The predicted molar refractivity (Wildman–Crippen MR) is 79.6 cm³/mol. The second kappa shape index (κ2) is 6.36. The van der Waals surface area contributed by atoms with Gasteiger partial charge in [0.15, 0.2) is 5.13 Å². The maximum Gasteiger partial charge on any atom is 0.180 e. The number of nitrogen functional groups attached to an aromatic ring is 1. The zero-order chi connectivity index (χ0) is 12.4. The fourth-order valence-electron chi connectivity index (χ4n) is 2.54. The van der Waals surface area contributed by atoms with Gasteiger partial charge in [0.1, 0.15) is 5.82 Å². The highest BCUT2D eigenvalue weighted by atomic mass is 35.5. The van der Waals surface area contributed by atoms with Crippen LogP contribution in [0.2, 0.25) is 0 Å². The number of nitrogens with two attached hydrogens (primary N) is 1. The van der Waals surface area contributed by atoms with Crippen molar-refractivity contribution in [1.29, 1.82) is 0 Å². The smallest absolute Gasteiger partial charge is 0.180 e. The zero-order valence-corrected chi connectivity index (χ0v) is 12.2. The van der Waals surface area contributed by atoms with Crippen molar-refractivity contribution in [2.75, 3.05) is 18.8 Å². The van der Waals surface area contributed by atoms with Gasteiger partial charge in [0, 0.05) is 42.5 Å². The van der Waals surface area contributed by atoms with Crippen LogP contribution in [0, 0.1) is 0 Å². The summed E-state index contributed by atoms with van der Waals surface area (Å²) in [7, 11) is 0. The first-order valence-electron chi connectivity index (χ1n) is 6.23. The Balaban J connectivity index is 0.00000133. The molecule has 1 aliphatic heterocycles. The number of rotatable bonds is 3. The van der Waals surface area contributed by atoms with Gasteiger partial charge in [-0.05, 0) is 19.4 Å². The van der Waals surface area contributed by atoms with Crippen LogP contribution in [-0.4, -0.2) is 32.9 Å². The van der Waals surface area contributed by atoms with Crippen molar-refractivity contribution < 1.29 is 0 Å². The lowest BCUT2D eigenvalue weighted by Crippen LogP contribution is -2.34. The van der Waals surface area contributed by atoms with Gasteiger partial charge in [0.25, 0.3) is 0 Å². The highest BCUT2D eigenvalue weighted by Gasteiger charge is 2.23. The second-order valence-corrected chi connectivity index (χ2v) is 5.86. The summed E-state index contributed by atoms with van der Waals surface area (Å²) in [4.78, 5) is 15.4. The highest BCUT2D eigenvalue weighted by molar-refractivity contribution is 7.15. The number of imidazole rings is 1. The van der Waals surface area contributed by atoms with E-state index < -0.39 is 0 Å². The number of likely N-dealkylation sites (tertiary alicyclic amines) is 1. The minimum absolute atomic E-state index is 0. The van der Waals surface area contributed by atoms with Crippen molar-refractivity contribution in [2.45, 2.75) is 25.3 Å². The number of anilines is 1. The van der Waals surface area contributed by atoms with Crippen molar-refractivity contribution in [1.82, 2.24) is 19.9 Å². The molecular formula is C12H18ClN5S. The second-order valence-electron chi connectivity index (χ2n) is 4.71. The summed E-state index contributed by atoms with van der Waals surface area (Å²) in [5.41, 5.74) is 5.66. The molecule has 7 heteroatoms. The van der Waals surface area contributed by atoms with Crippen molar-refractivity contribution in [3.05, 3.63) is 29.3 Å². The molecule has 1 atom stereocenters.